The summed E-state index contributed by atoms with van der Waals surface area (Å²) in [5.41, 5.74) is 8.98. The van der Waals surface area contributed by atoms with Gasteiger partial charge in [0.1, 0.15) is 0 Å². The van der Waals surface area contributed by atoms with Crippen LogP contribution in [0.2, 0.25) is 0 Å². The molecule has 0 saturated heterocycles. The Morgan fingerprint density at radius 2 is 1.95 bits per heavy atom. The Morgan fingerprint density at radius 1 is 1.20 bits per heavy atom. The molecule has 1 atom stereocenters. The molecule has 1 saturated carbocycles. The van der Waals surface area contributed by atoms with Gasteiger partial charge in [-0.25, -0.2) is 4.99 Å². The molecule has 3 nitrogen and oxygen atoms in total. The first-order valence-corrected chi connectivity index (χ1v) is 7.93. The smallest absolute Gasteiger partial charge is 0.196 e. The van der Waals surface area contributed by atoms with Crippen LogP contribution in [-0.2, 0) is 6.42 Å². The van der Waals surface area contributed by atoms with Gasteiger partial charge in [-0.15, -0.1) is 0 Å². The van der Waals surface area contributed by atoms with E-state index in [1.54, 1.807) is 0 Å². The van der Waals surface area contributed by atoms with Crippen LogP contribution in [0.5, 0.6) is 0 Å². The first-order chi connectivity index (χ1) is 9.74. The number of rotatable bonds is 1. The van der Waals surface area contributed by atoms with Crippen LogP contribution in [0.4, 0.5) is 5.69 Å². The summed E-state index contributed by atoms with van der Waals surface area (Å²) in [5.74, 6) is 1.35. The topological polar surface area (TPSA) is 41.6 Å². The molecule has 3 rings (SSSR count). The van der Waals surface area contributed by atoms with Gasteiger partial charge in [-0.05, 0) is 36.8 Å². The lowest BCUT2D eigenvalue weighted by molar-refractivity contribution is 0.442. The van der Waals surface area contributed by atoms with Gasteiger partial charge in [0.25, 0.3) is 0 Å². The highest BCUT2D eigenvalue weighted by molar-refractivity contribution is 5.96. The molecular formula is C17H25N3. The first-order valence-electron chi connectivity index (χ1n) is 7.93. The molecule has 1 aliphatic carbocycles. The largest absolute Gasteiger partial charge is 0.370 e. The van der Waals surface area contributed by atoms with Crippen LogP contribution in [0, 0.1) is 5.92 Å². The minimum atomic E-state index is 0.438. The summed E-state index contributed by atoms with van der Waals surface area (Å²) < 4.78 is 0. The maximum atomic E-state index is 6.33. The van der Waals surface area contributed by atoms with Crippen LogP contribution in [0.1, 0.15) is 44.6 Å². The zero-order valence-electron chi connectivity index (χ0n) is 12.4. The van der Waals surface area contributed by atoms with Crippen molar-refractivity contribution in [3.8, 4) is 0 Å². The molecule has 1 aromatic rings. The number of nitrogens with zero attached hydrogens (tertiary/aromatic N) is 2. The van der Waals surface area contributed by atoms with Crippen molar-refractivity contribution in [1.29, 1.82) is 0 Å². The fraction of sp³-hybridized carbons (Fsp3) is 0.588. The molecule has 2 N–H and O–H groups in total. The molecule has 0 radical (unpaired) electrons. The zero-order valence-corrected chi connectivity index (χ0v) is 12.4. The summed E-state index contributed by atoms with van der Waals surface area (Å²) in [7, 11) is 0. The van der Waals surface area contributed by atoms with Gasteiger partial charge in [0, 0.05) is 12.2 Å². The number of guanidine groups is 1. The fourth-order valence-electron chi connectivity index (χ4n) is 3.48. The van der Waals surface area contributed by atoms with E-state index in [2.05, 4.69) is 36.1 Å². The van der Waals surface area contributed by atoms with Crippen molar-refractivity contribution >= 4 is 11.6 Å². The monoisotopic (exact) mass is 271 g/mol. The van der Waals surface area contributed by atoms with E-state index in [-0.39, 0.29) is 0 Å². The van der Waals surface area contributed by atoms with E-state index in [0.29, 0.717) is 12.0 Å². The van der Waals surface area contributed by atoms with Crippen molar-refractivity contribution in [1.82, 2.24) is 0 Å². The second-order valence-electron chi connectivity index (χ2n) is 6.33. The molecule has 2 aliphatic rings. The standard InChI is InChI=1S/C17H25N3/c1-13-11-14-7-5-6-10-16(14)20(12-13)17(18)19-15-8-3-2-4-9-15/h5-7,10,13,15H,2-4,8-9,11-12H2,1H3,(H2,18,19). The Labute approximate surface area is 121 Å². The van der Waals surface area contributed by atoms with Crippen molar-refractivity contribution in [2.75, 3.05) is 11.4 Å². The lowest BCUT2D eigenvalue weighted by atomic mass is 9.94. The zero-order chi connectivity index (χ0) is 13.9. The third-order valence-corrected chi connectivity index (χ3v) is 4.51. The Bertz CT molecular complexity index is 489. The molecular weight excluding hydrogens is 246 g/mol. The summed E-state index contributed by atoms with van der Waals surface area (Å²) in [6, 6.07) is 9.03. The van der Waals surface area contributed by atoms with Crippen molar-refractivity contribution in [2.45, 2.75) is 51.5 Å². The predicted octanol–water partition coefficient (Wildman–Crippen LogP) is 3.33. The van der Waals surface area contributed by atoms with Gasteiger partial charge >= 0.3 is 0 Å². The Kier molecular flexibility index (Phi) is 3.95. The highest BCUT2D eigenvalue weighted by atomic mass is 15.3. The van der Waals surface area contributed by atoms with E-state index in [1.807, 2.05) is 0 Å². The second-order valence-corrected chi connectivity index (χ2v) is 6.33. The van der Waals surface area contributed by atoms with E-state index >= 15 is 0 Å². The summed E-state index contributed by atoms with van der Waals surface area (Å²) in [6.45, 7) is 3.27. The summed E-state index contributed by atoms with van der Waals surface area (Å²) >= 11 is 0. The van der Waals surface area contributed by atoms with Gasteiger partial charge in [0.15, 0.2) is 5.96 Å². The molecule has 0 aromatic heterocycles. The van der Waals surface area contributed by atoms with Crippen molar-refractivity contribution < 1.29 is 0 Å². The Hall–Kier alpha value is -1.51. The Morgan fingerprint density at radius 3 is 2.75 bits per heavy atom. The highest BCUT2D eigenvalue weighted by Crippen LogP contribution is 2.29. The maximum Gasteiger partial charge on any atom is 0.196 e. The van der Waals surface area contributed by atoms with E-state index in [9.17, 15) is 0 Å². The van der Waals surface area contributed by atoms with Crippen LogP contribution in [0.15, 0.2) is 29.3 Å². The van der Waals surface area contributed by atoms with Gasteiger partial charge in [-0.2, -0.15) is 0 Å². The van der Waals surface area contributed by atoms with Gasteiger partial charge in [-0.1, -0.05) is 44.4 Å². The minimum absolute atomic E-state index is 0.438. The summed E-state index contributed by atoms with van der Waals surface area (Å²) in [5, 5.41) is 0. The van der Waals surface area contributed by atoms with E-state index in [0.717, 1.165) is 18.9 Å². The number of fused-ring (bicyclic) bond motifs is 1. The fourth-order valence-corrected chi connectivity index (χ4v) is 3.48. The van der Waals surface area contributed by atoms with Gasteiger partial charge < -0.3 is 10.6 Å². The predicted molar refractivity (Wildman–Crippen MR) is 85.2 cm³/mol. The molecule has 0 spiro atoms. The third-order valence-electron chi connectivity index (χ3n) is 4.51. The molecule has 1 aliphatic heterocycles. The average Bonchev–Trinajstić information content (AvgIpc) is 2.47. The third kappa shape index (κ3) is 2.82. The number of nitrogens with two attached hydrogens (primary N) is 1. The molecule has 0 bridgehead atoms. The first kappa shape index (κ1) is 13.5. The minimum Gasteiger partial charge on any atom is -0.370 e. The van der Waals surface area contributed by atoms with Gasteiger partial charge in [0.05, 0.1) is 6.04 Å². The average molecular weight is 271 g/mol. The highest BCUT2D eigenvalue weighted by Gasteiger charge is 2.24. The molecule has 0 amide bonds. The number of hydrogen-bond acceptors (Lipinski definition) is 1. The van der Waals surface area contributed by atoms with E-state index in [1.165, 1.54) is 43.4 Å². The normalized spacial score (nSPS) is 24.6. The van der Waals surface area contributed by atoms with Crippen molar-refractivity contribution in [3.63, 3.8) is 0 Å². The number of aliphatic imine (C=N–C) groups is 1. The SMILES string of the molecule is CC1Cc2ccccc2N(C(N)=NC2CCCCC2)C1. The van der Waals surface area contributed by atoms with Crippen LogP contribution in [0.25, 0.3) is 0 Å². The molecule has 1 aromatic carbocycles. The van der Waals surface area contributed by atoms with E-state index in [4.69, 9.17) is 10.7 Å². The van der Waals surface area contributed by atoms with Gasteiger partial charge in [0.2, 0.25) is 0 Å². The molecule has 108 valence electrons. The molecule has 3 heteroatoms. The molecule has 1 unspecified atom stereocenters. The van der Waals surface area contributed by atoms with Crippen LogP contribution >= 0.6 is 0 Å². The molecule has 20 heavy (non-hydrogen) atoms. The number of hydrogen-bond donors (Lipinski definition) is 1. The quantitative estimate of drug-likeness (QED) is 0.629. The van der Waals surface area contributed by atoms with Crippen molar-refractivity contribution in [3.05, 3.63) is 29.8 Å². The van der Waals surface area contributed by atoms with Gasteiger partial charge in [-0.3, -0.25) is 0 Å². The van der Waals surface area contributed by atoms with Crippen LogP contribution in [-0.4, -0.2) is 18.5 Å². The van der Waals surface area contributed by atoms with Crippen LogP contribution in [0.3, 0.4) is 0 Å². The maximum absolute atomic E-state index is 6.33. The van der Waals surface area contributed by atoms with E-state index < -0.39 is 0 Å². The Balaban J connectivity index is 1.83. The van der Waals surface area contributed by atoms with Crippen molar-refractivity contribution in [2.24, 2.45) is 16.6 Å². The van der Waals surface area contributed by atoms with Crippen LogP contribution < -0.4 is 10.6 Å². The second kappa shape index (κ2) is 5.86. The number of para-hydroxylation sites is 1. The molecule has 1 heterocycles. The number of benzene rings is 1. The molecule has 1 fully saturated rings. The summed E-state index contributed by atoms with van der Waals surface area (Å²) in [4.78, 5) is 7.03. The number of anilines is 1. The summed E-state index contributed by atoms with van der Waals surface area (Å²) in [6.07, 6.45) is 7.50. The lowest BCUT2D eigenvalue weighted by Gasteiger charge is -2.34. The lowest BCUT2D eigenvalue weighted by Crippen LogP contribution is -2.44.